The molecular formula is C19H16N4O. The van der Waals surface area contributed by atoms with E-state index in [1.54, 1.807) is 31.2 Å². The molecule has 0 radical (unpaired) electrons. The van der Waals surface area contributed by atoms with E-state index in [-0.39, 0.29) is 5.78 Å². The van der Waals surface area contributed by atoms with Crippen molar-refractivity contribution in [2.24, 2.45) is 16.0 Å². The Balaban J connectivity index is 1.94. The quantitative estimate of drug-likeness (QED) is 0.881. The molecule has 24 heavy (non-hydrogen) atoms. The highest BCUT2D eigenvalue weighted by atomic mass is 16.1. The molecule has 1 aliphatic heterocycles. The van der Waals surface area contributed by atoms with Crippen molar-refractivity contribution >= 4 is 17.3 Å². The number of aliphatic imine (C=N–C) groups is 1. The highest BCUT2D eigenvalue weighted by molar-refractivity contribution is 6.08. The van der Waals surface area contributed by atoms with Gasteiger partial charge in [0, 0.05) is 11.1 Å². The average Bonchev–Trinajstić information content (AvgIpc) is 2.65. The average molecular weight is 316 g/mol. The minimum atomic E-state index is -0.906. The third kappa shape index (κ3) is 3.08. The number of benzene rings is 2. The highest BCUT2D eigenvalue weighted by Crippen LogP contribution is 2.19. The molecule has 1 N–H and O–H groups in total. The maximum Gasteiger partial charge on any atom is 0.182 e. The van der Waals surface area contributed by atoms with Gasteiger partial charge in [0.05, 0.1) is 11.8 Å². The summed E-state index contributed by atoms with van der Waals surface area (Å²) in [5.74, 6) is -0.583. The van der Waals surface area contributed by atoms with Crippen molar-refractivity contribution in [3.8, 4) is 6.07 Å². The molecule has 0 amide bonds. The van der Waals surface area contributed by atoms with Crippen LogP contribution in [0.1, 0.15) is 22.8 Å². The first-order valence-corrected chi connectivity index (χ1v) is 7.63. The first-order chi connectivity index (χ1) is 11.7. The van der Waals surface area contributed by atoms with Crippen LogP contribution in [-0.4, -0.2) is 23.4 Å². The normalized spacial score (nSPS) is 17.8. The van der Waals surface area contributed by atoms with Crippen LogP contribution >= 0.6 is 0 Å². The third-order valence-corrected chi connectivity index (χ3v) is 3.88. The van der Waals surface area contributed by atoms with Gasteiger partial charge in [-0.2, -0.15) is 10.4 Å². The Hall–Kier alpha value is -3.26. The second-order valence-corrected chi connectivity index (χ2v) is 5.49. The van der Waals surface area contributed by atoms with Crippen LogP contribution in [0.15, 0.2) is 70.8 Å². The van der Waals surface area contributed by atoms with Gasteiger partial charge in [0.2, 0.25) is 0 Å². The number of hydrogen-bond acceptors (Lipinski definition) is 5. The van der Waals surface area contributed by atoms with Gasteiger partial charge in [-0.1, -0.05) is 60.7 Å². The number of rotatable bonds is 4. The summed E-state index contributed by atoms with van der Waals surface area (Å²) in [7, 11) is 0. The number of nitrogens with zero attached hydrogens (tertiary/aromatic N) is 3. The van der Waals surface area contributed by atoms with Crippen molar-refractivity contribution < 1.29 is 4.79 Å². The summed E-state index contributed by atoms with van der Waals surface area (Å²) in [6.45, 7) is 1.77. The minimum absolute atomic E-state index is 0.240. The topological polar surface area (TPSA) is 77.6 Å². The van der Waals surface area contributed by atoms with Gasteiger partial charge >= 0.3 is 0 Å². The molecule has 0 fully saturated rings. The second-order valence-electron chi connectivity index (χ2n) is 5.49. The summed E-state index contributed by atoms with van der Waals surface area (Å²) in [4.78, 5) is 17.3. The summed E-state index contributed by atoms with van der Waals surface area (Å²) in [6.07, 6.45) is 0. The molecule has 0 bridgehead atoms. The monoisotopic (exact) mass is 316 g/mol. The van der Waals surface area contributed by atoms with Crippen LogP contribution in [0.25, 0.3) is 0 Å². The van der Waals surface area contributed by atoms with Gasteiger partial charge in [0.1, 0.15) is 17.8 Å². The fourth-order valence-electron chi connectivity index (χ4n) is 2.57. The zero-order valence-corrected chi connectivity index (χ0v) is 13.2. The van der Waals surface area contributed by atoms with Crippen LogP contribution in [0, 0.1) is 17.2 Å². The number of nitriles is 1. The zero-order chi connectivity index (χ0) is 16.9. The summed E-state index contributed by atoms with van der Waals surface area (Å²) >= 11 is 0. The molecule has 0 aromatic heterocycles. The summed E-state index contributed by atoms with van der Waals surface area (Å²) in [5.41, 5.74) is 4.88. The Morgan fingerprint density at radius 2 is 1.75 bits per heavy atom. The molecule has 2 unspecified atom stereocenters. The number of carbonyl (C=O) groups excluding carboxylic acids is 1. The first-order valence-electron chi connectivity index (χ1n) is 7.63. The van der Waals surface area contributed by atoms with Crippen LogP contribution in [0.2, 0.25) is 0 Å². The van der Waals surface area contributed by atoms with E-state index < -0.39 is 12.0 Å². The summed E-state index contributed by atoms with van der Waals surface area (Å²) in [6, 6.07) is 19.8. The van der Waals surface area contributed by atoms with Gasteiger partial charge in [-0.3, -0.25) is 15.2 Å². The number of carbonyl (C=O) groups is 1. The van der Waals surface area contributed by atoms with Crippen LogP contribution in [0.3, 0.4) is 0 Å². The molecule has 0 saturated heterocycles. The number of ketones is 1. The zero-order valence-electron chi connectivity index (χ0n) is 13.2. The van der Waals surface area contributed by atoms with E-state index in [0.717, 1.165) is 5.56 Å². The van der Waals surface area contributed by atoms with Gasteiger partial charge in [0.15, 0.2) is 5.78 Å². The lowest BCUT2D eigenvalue weighted by Crippen LogP contribution is -2.39. The van der Waals surface area contributed by atoms with E-state index in [1.165, 1.54) is 0 Å². The van der Waals surface area contributed by atoms with Gasteiger partial charge in [-0.15, -0.1) is 0 Å². The van der Waals surface area contributed by atoms with Crippen molar-refractivity contribution in [2.75, 3.05) is 0 Å². The molecular weight excluding hydrogens is 300 g/mol. The van der Waals surface area contributed by atoms with Gasteiger partial charge in [-0.05, 0) is 6.92 Å². The Morgan fingerprint density at radius 1 is 1.12 bits per heavy atom. The Morgan fingerprint density at radius 3 is 2.38 bits per heavy atom. The molecule has 2 aromatic rings. The van der Waals surface area contributed by atoms with Crippen molar-refractivity contribution in [3.05, 3.63) is 71.8 Å². The van der Waals surface area contributed by atoms with Gasteiger partial charge in [-0.25, -0.2) is 0 Å². The van der Waals surface area contributed by atoms with Crippen molar-refractivity contribution in [3.63, 3.8) is 0 Å². The first kappa shape index (κ1) is 15.6. The van der Waals surface area contributed by atoms with Crippen LogP contribution in [0.5, 0.6) is 0 Å². The van der Waals surface area contributed by atoms with Crippen molar-refractivity contribution in [2.45, 2.75) is 13.0 Å². The summed E-state index contributed by atoms with van der Waals surface area (Å²) in [5, 5.41) is 13.8. The van der Waals surface area contributed by atoms with Crippen molar-refractivity contribution in [1.82, 2.24) is 5.43 Å². The van der Waals surface area contributed by atoms with E-state index in [0.29, 0.717) is 17.1 Å². The lowest BCUT2D eigenvalue weighted by Gasteiger charge is -2.23. The molecule has 2 atom stereocenters. The molecule has 0 spiro atoms. The molecule has 5 heteroatoms. The molecule has 0 aliphatic carbocycles. The Bertz CT molecular complexity index is 835. The third-order valence-electron chi connectivity index (χ3n) is 3.88. The van der Waals surface area contributed by atoms with Crippen molar-refractivity contribution in [1.29, 1.82) is 5.26 Å². The van der Waals surface area contributed by atoms with E-state index in [1.807, 2.05) is 36.4 Å². The lowest BCUT2D eigenvalue weighted by molar-refractivity contribution is 0.0945. The molecule has 118 valence electrons. The van der Waals surface area contributed by atoms with Crippen LogP contribution in [0.4, 0.5) is 0 Å². The SMILES string of the molecule is CC1=NNC(c2ccccc2)=NC1C(C#N)C(=O)c1ccccc1. The molecule has 3 rings (SSSR count). The van der Waals surface area contributed by atoms with E-state index in [9.17, 15) is 10.1 Å². The van der Waals surface area contributed by atoms with Crippen LogP contribution in [-0.2, 0) is 0 Å². The van der Waals surface area contributed by atoms with E-state index in [4.69, 9.17) is 0 Å². The largest absolute Gasteiger partial charge is 0.293 e. The fraction of sp³-hybridized carbons (Fsp3) is 0.158. The molecule has 1 heterocycles. The number of nitrogens with one attached hydrogen (secondary N) is 1. The van der Waals surface area contributed by atoms with E-state index >= 15 is 0 Å². The maximum atomic E-state index is 12.7. The fourth-order valence-corrected chi connectivity index (χ4v) is 2.57. The standard InChI is InChI=1S/C19H16N4O/c1-13-17(16(12-20)18(24)14-8-4-2-5-9-14)21-19(23-22-13)15-10-6-3-7-11-15/h2-11,16-17H,1H3,(H,21,23). The summed E-state index contributed by atoms with van der Waals surface area (Å²) < 4.78 is 0. The molecule has 0 saturated carbocycles. The maximum absolute atomic E-state index is 12.7. The minimum Gasteiger partial charge on any atom is -0.293 e. The Labute approximate surface area is 140 Å². The lowest BCUT2D eigenvalue weighted by atomic mass is 9.89. The number of hydrogen-bond donors (Lipinski definition) is 1. The van der Waals surface area contributed by atoms with Gasteiger partial charge in [0.25, 0.3) is 0 Å². The number of amidine groups is 1. The number of hydrazone groups is 1. The molecule has 1 aliphatic rings. The van der Waals surface area contributed by atoms with Gasteiger partial charge < -0.3 is 0 Å². The predicted molar refractivity (Wildman–Crippen MR) is 92.9 cm³/mol. The predicted octanol–water partition coefficient (Wildman–Crippen LogP) is 2.80. The second kappa shape index (κ2) is 6.88. The molecule has 5 nitrogen and oxygen atoms in total. The van der Waals surface area contributed by atoms with E-state index in [2.05, 4.69) is 21.6 Å². The molecule has 2 aromatic carbocycles. The highest BCUT2D eigenvalue weighted by Gasteiger charge is 2.33. The number of Topliss-reactive ketones (excluding diaryl/α,β-unsaturated/α-hetero) is 1. The smallest absolute Gasteiger partial charge is 0.182 e. The van der Waals surface area contributed by atoms with Crippen LogP contribution < -0.4 is 5.43 Å². The Kier molecular flexibility index (Phi) is 4.48.